The molecule has 2 atom stereocenters. The Morgan fingerprint density at radius 1 is 1.32 bits per heavy atom. The summed E-state index contributed by atoms with van der Waals surface area (Å²) in [4.78, 5) is 26.2. The van der Waals surface area contributed by atoms with Crippen LogP contribution >= 0.6 is 0 Å². The van der Waals surface area contributed by atoms with Crippen molar-refractivity contribution in [1.82, 2.24) is 10.2 Å². The second kappa shape index (κ2) is 9.42. The quantitative estimate of drug-likeness (QED) is 0.739. The molecule has 1 fully saturated rings. The van der Waals surface area contributed by atoms with E-state index in [1.807, 2.05) is 43.0 Å². The number of benzene rings is 1. The monoisotopic (exact) mass is 346 g/mol. The normalized spacial score (nSPS) is 18.5. The Balaban J connectivity index is 1.77. The number of anilines is 1. The standard InChI is InChI=1S/C19H30N4O2/c1-3-5-17(20)18(24)23-11-4-6-15(13-23)12-21-19(25)22-16-9-7-14(2)8-10-16/h7-10,15,17H,3-6,11-13,20H2,1-2H3,(H2,21,22,25). The molecule has 1 aliphatic heterocycles. The van der Waals surface area contributed by atoms with E-state index in [-0.39, 0.29) is 17.9 Å². The van der Waals surface area contributed by atoms with Crippen molar-refractivity contribution in [2.24, 2.45) is 11.7 Å². The highest BCUT2D eigenvalue weighted by Gasteiger charge is 2.26. The summed E-state index contributed by atoms with van der Waals surface area (Å²) in [5.41, 5.74) is 7.88. The Morgan fingerprint density at radius 2 is 2.04 bits per heavy atom. The third kappa shape index (κ3) is 6.05. The van der Waals surface area contributed by atoms with Crippen LogP contribution in [-0.4, -0.2) is 42.5 Å². The summed E-state index contributed by atoms with van der Waals surface area (Å²) in [6.07, 6.45) is 3.59. The van der Waals surface area contributed by atoms with E-state index in [0.29, 0.717) is 13.1 Å². The molecule has 1 aromatic rings. The number of nitrogens with zero attached hydrogens (tertiary/aromatic N) is 1. The lowest BCUT2D eigenvalue weighted by atomic mass is 9.97. The highest BCUT2D eigenvalue weighted by molar-refractivity contribution is 5.89. The zero-order valence-corrected chi connectivity index (χ0v) is 15.3. The van der Waals surface area contributed by atoms with Crippen LogP contribution < -0.4 is 16.4 Å². The first-order valence-corrected chi connectivity index (χ1v) is 9.15. The lowest BCUT2D eigenvalue weighted by Crippen LogP contribution is -2.49. The number of likely N-dealkylation sites (tertiary alicyclic amines) is 1. The zero-order chi connectivity index (χ0) is 18.2. The number of hydrogen-bond acceptors (Lipinski definition) is 3. The molecule has 1 saturated heterocycles. The van der Waals surface area contributed by atoms with E-state index in [2.05, 4.69) is 10.6 Å². The van der Waals surface area contributed by atoms with Gasteiger partial charge in [-0.2, -0.15) is 0 Å². The highest BCUT2D eigenvalue weighted by Crippen LogP contribution is 2.17. The van der Waals surface area contributed by atoms with Gasteiger partial charge in [-0.1, -0.05) is 31.0 Å². The number of piperidine rings is 1. The van der Waals surface area contributed by atoms with E-state index < -0.39 is 6.04 Å². The molecule has 3 amide bonds. The first-order valence-electron chi connectivity index (χ1n) is 9.15. The van der Waals surface area contributed by atoms with Gasteiger partial charge < -0.3 is 21.3 Å². The molecule has 0 aromatic heterocycles. The SMILES string of the molecule is CCCC(N)C(=O)N1CCCC(CNC(=O)Nc2ccc(C)cc2)C1. The number of aryl methyl sites for hydroxylation is 1. The Labute approximate surface area is 150 Å². The van der Waals surface area contributed by atoms with Crippen molar-refractivity contribution < 1.29 is 9.59 Å². The number of carbonyl (C=O) groups excluding carboxylic acids is 2. The summed E-state index contributed by atoms with van der Waals surface area (Å²) < 4.78 is 0. The topological polar surface area (TPSA) is 87.5 Å². The van der Waals surface area contributed by atoms with E-state index in [1.165, 1.54) is 0 Å². The van der Waals surface area contributed by atoms with Gasteiger partial charge in [0, 0.05) is 25.3 Å². The van der Waals surface area contributed by atoms with E-state index in [9.17, 15) is 9.59 Å². The van der Waals surface area contributed by atoms with Crippen molar-refractivity contribution in [2.75, 3.05) is 25.0 Å². The Morgan fingerprint density at radius 3 is 2.72 bits per heavy atom. The van der Waals surface area contributed by atoms with Crippen LogP contribution in [0, 0.1) is 12.8 Å². The van der Waals surface area contributed by atoms with Crippen LogP contribution in [0.3, 0.4) is 0 Å². The number of nitrogens with one attached hydrogen (secondary N) is 2. The maximum Gasteiger partial charge on any atom is 0.319 e. The molecule has 2 unspecified atom stereocenters. The average molecular weight is 346 g/mol. The summed E-state index contributed by atoms with van der Waals surface area (Å²) in [7, 11) is 0. The van der Waals surface area contributed by atoms with E-state index in [1.54, 1.807) is 0 Å². The number of rotatable bonds is 6. The van der Waals surface area contributed by atoms with E-state index in [4.69, 9.17) is 5.73 Å². The van der Waals surface area contributed by atoms with Crippen LogP contribution in [0.2, 0.25) is 0 Å². The minimum Gasteiger partial charge on any atom is -0.341 e. The Bertz CT molecular complexity index is 573. The average Bonchev–Trinajstić information content (AvgIpc) is 2.62. The molecule has 0 aliphatic carbocycles. The lowest BCUT2D eigenvalue weighted by Gasteiger charge is -2.34. The number of urea groups is 1. The smallest absolute Gasteiger partial charge is 0.319 e. The van der Waals surface area contributed by atoms with Gasteiger partial charge in [0.25, 0.3) is 0 Å². The summed E-state index contributed by atoms with van der Waals surface area (Å²) in [6.45, 7) is 6.03. The summed E-state index contributed by atoms with van der Waals surface area (Å²) in [5.74, 6) is 0.311. The minimum atomic E-state index is -0.401. The molecule has 0 saturated carbocycles. The highest BCUT2D eigenvalue weighted by atomic mass is 16.2. The van der Waals surface area contributed by atoms with Crippen LogP contribution in [0.25, 0.3) is 0 Å². The molecule has 1 heterocycles. The molecule has 4 N–H and O–H groups in total. The van der Waals surface area contributed by atoms with Gasteiger partial charge in [0.2, 0.25) is 5.91 Å². The van der Waals surface area contributed by atoms with E-state index in [0.717, 1.165) is 43.5 Å². The predicted octanol–water partition coefficient (Wildman–Crippen LogP) is 2.48. The number of hydrogen-bond donors (Lipinski definition) is 3. The maximum atomic E-state index is 12.3. The molecule has 2 rings (SSSR count). The second-order valence-electron chi connectivity index (χ2n) is 6.89. The first-order chi connectivity index (χ1) is 12.0. The molecule has 138 valence electrons. The third-order valence-electron chi connectivity index (χ3n) is 4.61. The molecule has 0 spiro atoms. The fraction of sp³-hybridized carbons (Fsp3) is 0.579. The molecule has 6 nitrogen and oxygen atoms in total. The molecule has 0 radical (unpaired) electrons. The van der Waals surface area contributed by atoms with Crippen LogP contribution in [0.15, 0.2) is 24.3 Å². The Kier molecular flexibility index (Phi) is 7.25. The van der Waals surface area contributed by atoms with Crippen LogP contribution in [0.5, 0.6) is 0 Å². The summed E-state index contributed by atoms with van der Waals surface area (Å²) in [6, 6.07) is 7.06. The van der Waals surface area contributed by atoms with Gasteiger partial charge in [0.15, 0.2) is 0 Å². The van der Waals surface area contributed by atoms with Crippen LogP contribution in [-0.2, 0) is 4.79 Å². The third-order valence-corrected chi connectivity index (χ3v) is 4.61. The summed E-state index contributed by atoms with van der Waals surface area (Å²) >= 11 is 0. The van der Waals surface area contributed by atoms with Crippen molar-refractivity contribution in [3.05, 3.63) is 29.8 Å². The molecular formula is C19H30N4O2. The lowest BCUT2D eigenvalue weighted by molar-refractivity contribution is -0.134. The van der Waals surface area contributed by atoms with Crippen molar-refractivity contribution in [3.8, 4) is 0 Å². The second-order valence-corrected chi connectivity index (χ2v) is 6.89. The van der Waals surface area contributed by atoms with Crippen molar-refractivity contribution in [3.63, 3.8) is 0 Å². The molecule has 0 bridgehead atoms. The molecule has 1 aliphatic rings. The van der Waals surface area contributed by atoms with E-state index >= 15 is 0 Å². The zero-order valence-electron chi connectivity index (χ0n) is 15.3. The Hall–Kier alpha value is -2.08. The fourth-order valence-corrected chi connectivity index (χ4v) is 3.15. The fourth-order valence-electron chi connectivity index (χ4n) is 3.15. The van der Waals surface area contributed by atoms with Crippen LogP contribution in [0.1, 0.15) is 38.2 Å². The van der Waals surface area contributed by atoms with Crippen molar-refractivity contribution in [1.29, 1.82) is 0 Å². The van der Waals surface area contributed by atoms with Crippen molar-refractivity contribution >= 4 is 17.6 Å². The van der Waals surface area contributed by atoms with Gasteiger partial charge in [0.1, 0.15) is 0 Å². The van der Waals surface area contributed by atoms with Gasteiger partial charge in [-0.15, -0.1) is 0 Å². The van der Waals surface area contributed by atoms with Crippen molar-refractivity contribution in [2.45, 2.75) is 45.6 Å². The predicted molar refractivity (Wildman–Crippen MR) is 100 cm³/mol. The van der Waals surface area contributed by atoms with Gasteiger partial charge >= 0.3 is 6.03 Å². The molecule has 6 heteroatoms. The molecular weight excluding hydrogens is 316 g/mol. The summed E-state index contributed by atoms with van der Waals surface area (Å²) in [5, 5.41) is 5.74. The van der Waals surface area contributed by atoms with Gasteiger partial charge in [-0.3, -0.25) is 4.79 Å². The van der Waals surface area contributed by atoms with Gasteiger partial charge in [0.05, 0.1) is 6.04 Å². The number of amides is 3. The number of carbonyl (C=O) groups is 2. The minimum absolute atomic E-state index is 0.0376. The molecule has 1 aromatic carbocycles. The first kappa shape index (κ1) is 19.2. The number of nitrogens with two attached hydrogens (primary N) is 1. The van der Waals surface area contributed by atoms with Gasteiger partial charge in [-0.25, -0.2) is 4.79 Å². The molecule has 25 heavy (non-hydrogen) atoms. The van der Waals surface area contributed by atoms with Gasteiger partial charge in [-0.05, 0) is 44.2 Å². The largest absolute Gasteiger partial charge is 0.341 e. The maximum absolute atomic E-state index is 12.3. The van der Waals surface area contributed by atoms with Crippen LogP contribution in [0.4, 0.5) is 10.5 Å².